The fourth-order valence-electron chi connectivity index (χ4n) is 3.81. The monoisotopic (exact) mass is 526 g/mol. The molecule has 0 amide bonds. The van der Waals surface area contributed by atoms with Crippen LogP contribution in [0.25, 0.3) is 0 Å². The Balaban J connectivity index is 0.00000784. The van der Waals surface area contributed by atoms with Gasteiger partial charge in [-0.25, -0.2) is 0 Å². The molecule has 1 fully saturated rings. The van der Waals surface area contributed by atoms with E-state index in [0.29, 0.717) is 18.4 Å². The van der Waals surface area contributed by atoms with Crippen molar-refractivity contribution in [3.8, 4) is 0 Å². The second-order valence-electron chi connectivity index (χ2n) is 7.41. The highest BCUT2D eigenvalue weighted by Crippen LogP contribution is 2.19. The number of nitrogens with zero attached hydrogens (tertiary/aromatic N) is 2. The van der Waals surface area contributed by atoms with E-state index in [0.717, 1.165) is 71.0 Å². The van der Waals surface area contributed by atoms with Crippen molar-refractivity contribution < 1.29 is 14.3 Å². The Bertz CT molecular complexity index is 442. The van der Waals surface area contributed by atoms with Crippen LogP contribution in [0.2, 0.25) is 0 Å². The van der Waals surface area contributed by atoms with E-state index in [9.17, 15) is 4.79 Å². The van der Waals surface area contributed by atoms with Gasteiger partial charge in [0, 0.05) is 45.7 Å². The van der Waals surface area contributed by atoms with Crippen LogP contribution < -0.4 is 10.6 Å². The summed E-state index contributed by atoms with van der Waals surface area (Å²) in [4.78, 5) is 18.0. The average Bonchev–Trinajstić information content (AvgIpc) is 2.74. The number of guanidine groups is 1. The molecule has 172 valence electrons. The molecule has 1 saturated heterocycles. The van der Waals surface area contributed by atoms with Gasteiger partial charge >= 0.3 is 5.97 Å². The number of nitrogens with one attached hydrogen (secondary N) is 2. The molecule has 2 N–H and O–H groups in total. The first-order valence-electron chi connectivity index (χ1n) is 11.0. The standard InChI is InChI=1S/C21H42N4O3.HI/c1-5-18(6-2)19(25-13-15-28-16-14-25)17-24-21(22-3)23-12-10-8-7-9-11-20(26)27-4;/h18-19H,5-17H2,1-4H3,(H2,22,23,24);1H. The summed E-state index contributed by atoms with van der Waals surface area (Å²) in [5, 5.41) is 6.95. The zero-order valence-corrected chi connectivity index (χ0v) is 21.2. The van der Waals surface area contributed by atoms with Crippen LogP contribution in [-0.2, 0) is 14.3 Å². The normalized spacial score (nSPS) is 16.2. The van der Waals surface area contributed by atoms with Gasteiger partial charge < -0.3 is 20.1 Å². The molecule has 0 radical (unpaired) electrons. The molecule has 0 aliphatic carbocycles. The number of carbonyl (C=O) groups is 1. The average molecular weight is 527 g/mol. The molecule has 0 bridgehead atoms. The third-order valence-corrected chi connectivity index (χ3v) is 5.64. The number of unbranched alkanes of at least 4 members (excludes halogenated alkanes) is 3. The fraction of sp³-hybridized carbons (Fsp3) is 0.905. The first-order valence-corrected chi connectivity index (χ1v) is 11.0. The minimum Gasteiger partial charge on any atom is -0.469 e. The van der Waals surface area contributed by atoms with E-state index in [1.54, 1.807) is 0 Å². The molecule has 0 aromatic rings. The zero-order valence-electron chi connectivity index (χ0n) is 18.9. The Morgan fingerprint density at radius 2 is 1.76 bits per heavy atom. The number of esters is 1. The number of morpholine rings is 1. The van der Waals surface area contributed by atoms with Crippen molar-refractivity contribution in [3.63, 3.8) is 0 Å². The summed E-state index contributed by atoms with van der Waals surface area (Å²) in [7, 11) is 3.27. The largest absolute Gasteiger partial charge is 0.469 e. The number of methoxy groups -OCH3 is 1. The van der Waals surface area contributed by atoms with Crippen molar-refractivity contribution in [2.24, 2.45) is 10.9 Å². The molecule has 7 nitrogen and oxygen atoms in total. The second kappa shape index (κ2) is 18.2. The van der Waals surface area contributed by atoms with Crippen molar-refractivity contribution in [3.05, 3.63) is 0 Å². The lowest BCUT2D eigenvalue weighted by atomic mass is 9.92. The summed E-state index contributed by atoms with van der Waals surface area (Å²) in [5.74, 6) is 1.44. The van der Waals surface area contributed by atoms with Crippen LogP contribution in [0.5, 0.6) is 0 Å². The highest BCUT2D eigenvalue weighted by Gasteiger charge is 2.26. The van der Waals surface area contributed by atoms with Gasteiger partial charge in [0.2, 0.25) is 0 Å². The van der Waals surface area contributed by atoms with Gasteiger partial charge in [-0.3, -0.25) is 14.7 Å². The number of halogens is 1. The third kappa shape index (κ3) is 12.0. The van der Waals surface area contributed by atoms with Crippen molar-refractivity contribution in [1.82, 2.24) is 15.5 Å². The van der Waals surface area contributed by atoms with Gasteiger partial charge in [0.1, 0.15) is 0 Å². The lowest BCUT2D eigenvalue weighted by molar-refractivity contribution is -0.140. The lowest BCUT2D eigenvalue weighted by Gasteiger charge is -2.39. The zero-order chi connectivity index (χ0) is 20.6. The number of hydrogen-bond acceptors (Lipinski definition) is 5. The van der Waals surface area contributed by atoms with Crippen molar-refractivity contribution in [2.45, 2.75) is 64.8 Å². The van der Waals surface area contributed by atoms with Crippen LogP contribution in [0.1, 0.15) is 58.8 Å². The van der Waals surface area contributed by atoms with Gasteiger partial charge in [-0.05, 0) is 18.8 Å². The molecule has 1 aliphatic heterocycles. The number of aliphatic imine (C=N–C) groups is 1. The van der Waals surface area contributed by atoms with Gasteiger partial charge in [-0.1, -0.05) is 39.5 Å². The van der Waals surface area contributed by atoms with E-state index in [2.05, 4.69) is 39.1 Å². The van der Waals surface area contributed by atoms with Crippen molar-refractivity contribution in [2.75, 3.05) is 53.6 Å². The second-order valence-corrected chi connectivity index (χ2v) is 7.41. The maximum Gasteiger partial charge on any atom is 0.305 e. The molecule has 0 spiro atoms. The van der Waals surface area contributed by atoms with Crippen LogP contribution in [0, 0.1) is 5.92 Å². The van der Waals surface area contributed by atoms with Gasteiger partial charge in [-0.15, -0.1) is 24.0 Å². The molecule has 1 rings (SSSR count). The van der Waals surface area contributed by atoms with E-state index >= 15 is 0 Å². The van der Waals surface area contributed by atoms with Crippen LogP contribution in [0.4, 0.5) is 0 Å². The molecular formula is C21H43IN4O3. The summed E-state index contributed by atoms with van der Waals surface area (Å²) in [6, 6.07) is 0.510. The van der Waals surface area contributed by atoms with Crippen molar-refractivity contribution in [1.29, 1.82) is 0 Å². The number of carbonyl (C=O) groups excluding carboxylic acids is 1. The first-order chi connectivity index (χ1) is 13.7. The Morgan fingerprint density at radius 3 is 2.34 bits per heavy atom. The minimum atomic E-state index is -0.116. The van der Waals surface area contributed by atoms with Crippen LogP contribution in [0.3, 0.4) is 0 Å². The molecule has 8 heteroatoms. The van der Waals surface area contributed by atoms with Crippen molar-refractivity contribution >= 4 is 35.9 Å². The Kier molecular flexibility index (Phi) is 17.8. The summed E-state index contributed by atoms with van der Waals surface area (Å²) in [6.45, 7) is 10.1. The predicted molar refractivity (Wildman–Crippen MR) is 130 cm³/mol. The van der Waals surface area contributed by atoms with Crippen LogP contribution in [-0.4, -0.2) is 76.4 Å². The predicted octanol–water partition coefficient (Wildman–Crippen LogP) is 3.03. The maximum absolute atomic E-state index is 11.1. The highest BCUT2D eigenvalue weighted by atomic mass is 127. The molecule has 0 saturated carbocycles. The van der Waals surface area contributed by atoms with E-state index < -0.39 is 0 Å². The molecule has 1 heterocycles. The number of hydrogen-bond donors (Lipinski definition) is 2. The molecule has 29 heavy (non-hydrogen) atoms. The Morgan fingerprint density at radius 1 is 1.10 bits per heavy atom. The van der Waals surface area contributed by atoms with E-state index in [4.69, 9.17) is 4.74 Å². The SMILES string of the molecule is CCC(CC)C(CNC(=NC)NCCCCCCC(=O)OC)N1CCOCC1.I. The van der Waals surface area contributed by atoms with E-state index in [1.807, 2.05) is 7.05 Å². The molecule has 0 aromatic carbocycles. The van der Waals surface area contributed by atoms with E-state index in [-0.39, 0.29) is 29.9 Å². The fourth-order valence-corrected chi connectivity index (χ4v) is 3.81. The van der Waals surface area contributed by atoms with Gasteiger partial charge in [0.05, 0.1) is 20.3 Å². The van der Waals surface area contributed by atoms with Crippen LogP contribution >= 0.6 is 24.0 Å². The number of rotatable bonds is 13. The quantitative estimate of drug-likeness (QED) is 0.126. The summed E-state index contributed by atoms with van der Waals surface area (Å²) in [6.07, 6.45) is 7.03. The maximum atomic E-state index is 11.1. The Labute approximate surface area is 194 Å². The summed E-state index contributed by atoms with van der Waals surface area (Å²) in [5.41, 5.74) is 0. The topological polar surface area (TPSA) is 75.2 Å². The van der Waals surface area contributed by atoms with Gasteiger partial charge in [0.15, 0.2) is 5.96 Å². The number of ether oxygens (including phenoxy) is 2. The van der Waals surface area contributed by atoms with Crippen LogP contribution in [0.15, 0.2) is 4.99 Å². The molecule has 1 unspecified atom stereocenters. The Hall–Kier alpha value is -0.610. The minimum absolute atomic E-state index is 0. The molecule has 1 atom stereocenters. The summed E-state index contributed by atoms with van der Waals surface area (Å²) >= 11 is 0. The van der Waals surface area contributed by atoms with Gasteiger partial charge in [0.25, 0.3) is 0 Å². The summed E-state index contributed by atoms with van der Waals surface area (Å²) < 4.78 is 10.2. The van der Waals surface area contributed by atoms with Gasteiger partial charge in [-0.2, -0.15) is 0 Å². The molecule has 0 aromatic heterocycles. The van der Waals surface area contributed by atoms with E-state index in [1.165, 1.54) is 20.0 Å². The molecular weight excluding hydrogens is 483 g/mol. The lowest BCUT2D eigenvalue weighted by Crippen LogP contribution is -2.53. The smallest absolute Gasteiger partial charge is 0.305 e. The third-order valence-electron chi connectivity index (χ3n) is 5.64. The highest BCUT2D eigenvalue weighted by molar-refractivity contribution is 14.0. The molecule has 1 aliphatic rings. The first kappa shape index (κ1) is 28.4.